The number of aryl methyl sites for hydroxylation is 1. The van der Waals surface area contributed by atoms with Crippen molar-refractivity contribution in [3.05, 3.63) is 11.9 Å². The highest BCUT2D eigenvalue weighted by Crippen LogP contribution is 2.26. The maximum absolute atomic E-state index is 10.5. The second kappa shape index (κ2) is 4.51. The Hall–Kier alpha value is -0.940. The first-order valence-electron chi connectivity index (χ1n) is 5.86. The van der Waals surface area contributed by atoms with Crippen LogP contribution in [0.4, 0.5) is 0 Å². The zero-order valence-corrected chi connectivity index (χ0v) is 9.98. The molecule has 2 heterocycles. The van der Waals surface area contributed by atoms with Crippen molar-refractivity contribution < 1.29 is 5.11 Å². The van der Waals surface area contributed by atoms with Crippen molar-refractivity contribution >= 4 is 0 Å². The molecule has 1 saturated heterocycles. The number of hydrogen-bond donors (Lipinski definition) is 2. The van der Waals surface area contributed by atoms with E-state index in [0.29, 0.717) is 12.3 Å². The van der Waals surface area contributed by atoms with Gasteiger partial charge in [0.1, 0.15) is 0 Å². The van der Waals surface area contributed by atoms with Crippen molar-refractivity contribution in [2.45, 2.75) is 31.8 Å². The van der Waals surface area contributed by atoms with Crippen molar-refractivity contribution in [2.75, 3.05) is 13.1 Å². The number of piperidine rings is 1. The molecule has 1 aromatic heterocycles. The molecule has 2 unspecified atom stereocenters. The lowest BCUT2D eigenvalue weighted by atomic mass is 9.81. The lowest BCUT2D eigenvalue weighted by molar-refractivity contribution is -0.0110. The average Bonchev–Trinajstić information content (AvgIpc) is 2.64. The predicted molar refractivity (Wildman–Crippen MR) is 60.9 cm³/mol. The van der Waals surface area contributed by atoms with E-state index in [0.717, 1.165) is 31.6 Å². The molecule has 5 nitrogen and oxygen atoms in total. The largest absolute Gasteiger partial charge is 0.389 e. The topological polar surface area (TPSA) is 63.0 Å². The van der Waals surface area contributed by atoms with Crippen molar-refractivity contribution in [2.24, 2.45) is 13.0 Å². The summed E-state index contributed by atoms with van der Waals surface area (Å²) in [5.41, 5.74) is 0.168. The molecule has 2 N–H and O–H groups in total. The lowest BCUT2D eigenvalue weighted by Gasteiger charge is -2.35. The van der Waals surface area contributed by atoms with Gasteiger partial charge in [-0.25, -0.2) is 0 Å². The highest BCUT2D eigenvalue weighted by molar-refractivity contribution is 5.01. The summed E-state index contributed by atoms with van der Waals surface area (Å²) in [6.45, 7) is 3.87. The van der Waals surface area contributed by atoms with Crippen LogP contribution in [-0.4, -0.2) is 38.8 Å². The standard InChI is InChI=1S/C11H20N4O/c1-11(16,9-4-3-5-12-7-9)6-10-8-15(2)14-13-10/h8-9,12,16H,3-7H2,1-2H3. The molecular weight excluding hydrogens is 204 g/mol. The van der Waals surface area contributed by atoms with Gasteiger partial charge in [0.25, 0.3) is 0 Å². The molecule has 5 heteroatoms. The average molecular weight is 224 g/mol. The number of hydrogen-bond acceptors (Lipinski definition) is 4. The predicted octanol–water partition coefficient (Wildman–Crippen LogP) is 0.108. The van der Waals surface area contributed by atoms with Crippen molar-refractivity contribution in [3.8, 4) is 0 Å². The van der Waals surface area contributed by atoms with Gasteiger partial charge in [0, 0.05) is 32.1 Å². The fourth-order valence-corrected chi connectivity index (χ4v) is 2.37. The second-order valence-corrected chi connectivity index (χ2v) is 4.96. The molecule has 0 saturated carbocycles. The summed E-state index contributed by atoms with van der Waals surface area (Å²) in [5.74, 6) is 0.309. The number of aromatic nitrogens is 3. The van der Waals surface area contributed by atoms with Gasteiger partial charge in [0.2, 0.25) is 0 Å². The van der Waals surface area contributed by atoms with E-state index < -0.39 is 5.60 Å². The molecular formula is C11H20N4O. The molecule has 1 aliphatic rings. The third kappa shape index (κ3) is 2.59. The van der Waals surface area contributed by atoms with Crippen molar-refractivity contribution in [1.29, 1.82) is 0 Å². The van der Waals surface area contributed by atoms with E-state index in [1.807, 2.05) is 20.2 Å². The van der Waals surface area contributed by atoms with Crippen LogP contribution < -0.4 is 5.32 Å². The molecule has 16 heavy (non-hydrogen) atoms. The molecule has 0 aromatic carbocycles. The fraction of sp³-hybridized carbons (Fsp3) is 0.818. The molecule has 0 bridgehead atoms. The second-order valence-electron chi connectivity index (χ2n) is 4.96. The molecule has 0 aliphatic carbocycles. The van der Waals surface area contributed by atoms with Gasteiger partial charge in [-0.15, -0.1) is 5.10 Å². The third-order valence-corrected chi connectivity index (χ3v) is 3.37. The van der Waals surface area contributed by atoms with E-state index in [2.05, 4.69) is 15.6 Å². The number of aliphatic hydroxyl groups is 1. The van der Waals surface area contributed by atoms with Gasteiger partial charge in [-0.05, 0) is 26.3 Å². The molecule has 1 fully saturated rings. The maximum Gasteiger partial charge on any atom is 0.0855 e. The smallest absolute Gasteiger partial charge is 0.0855 e. The summed E-state index contributed by atoms with van der Waals surface area (Å²) in [7, 11) is 1.84. The quantitative estimate of drug-likeness (QED) is 0.765. The van der Waals surface area contributed by atoms with E-state index in [-0.39, 0.29) is 0 Å². The van der Waals surface area contributed by atoms with E-state index in [1.54, 1.807) is 4.68 Å². The van der Waals surface area contributed by atoms with E-state index in [4.69, 9.17) is 0 Å². The first kappa shape index (κ1) is 11.5. The van der Waals surface area contributed by atoms with Gasteiger partial charge in [-0.1, -0.05) is 5.21 Å². The summed E-state index contributed by atoms with van der Waals surface area (Å²) >= 11 is 0. The summed E-state index contributed by atoms with van der Waals surface area (Å²) < 4.78 is 1.67. The normalized spacial score (nSPS) is 25.3. The van der Waals surface area contributed by atoms with Crippen LogP contribution in [0.25, 0.3) is 0 Å². The van der Waals surface area contributed by atoms with Crippen LogP contribution in [-0.2, 0) is 13.5 Å². The summed E-state index contributed by atoms with van der Waals surface area (Å²) in [6.07, 6.45) is 4.67. The van der Waals surface area contributed by atoms with Crippen LogP contribution in [0, 0.1) is 5.92 Å². The van der Waals surface area contributed by atoms with Crippen LogP contribution >= 0.6 is 0 Å². The van der Waals surface area contributed by atoms with Crippen LogP contribution in [0.5, 0.6) is 0 Å². The van der Waals surface area contributed by atoms with Gasteiger partial charge >= 0.3 is 0 Å². The molecule has 0 amide bonds. The highest BCUT2D eigenvalue weighted by atomic mass is 16.3. The Balaban J connectivity index is 2.00. The first-order valence-corrected chi connectivity index (χ1v) is 5.86. The SMILES string of the molecule is Cn1cc(CC(C)(O)C2CCCNC2)nn1. The van der Waals surface area contributed by atoms with Crippen LogP contribution in [0.15, 0.2) is 6.20 Å². The molecule has 0 spiro atoms. The first-order chi connectivity index (χ1) is 7.58. The Morgan fingerprint density at radius 1 is 1.69 bits per heavy atom. The summed E-state index contributed by atoms with van der Waals surface area (Å²) in [5, 5.41) is 21.7. The monoisotopic (exact) mass is 224 g/mol. The van der Waals surface area contributed by atoms with Crippen molar-refractivity contribution in [1.82, 2.24) is 20.3 Å². The number of rotatable bonds is 3. The lowest BCUT2D eigenvalue weighted by Crippen LogP contribution is -2.45. The third-order valence-electron chi connectivity index (χ3n) is 3.37. The molecule has 2 atom stereocenters. The Bertz CT molecular complexity index is 342. The Labute approximate surface area is 95.8 Å². The Morgan fingerprint density at radius 2 is 2.50 bits per heavy atom. The molecule has 1 aromatic rings. The van der Waals surface area contributed by atoms with E-state index >= 15 is 0 Å². The van der Waals surface area contributed by atoms with E-state index in [1.165, 1.54) is 0 Å². The van der Waals surface area contributed by atoms with E-state index in [9.17, 15) is 5.11 Å². The fourth-order valence-electron chi connectivity index (χ4n) is 2.37. The van der Waals surface area contributed by atoms with Gasteiger partial charge in [0.05, 0.1) is 11.3 Å². The minimum Gasteiger partial charge on any atom is -0.389 e. The van der Waals surface area contributed by atoms with Gasteiger partial charge < -0.3 is 10.4 Å². The maximum atomic E-state index is 10.5. The minimum absolute atomic E-state index is 0.309. The van der Waals surface area contributed by atoms with Gasteiger partial charge in [0.15, 0.2) is 0 Å². The minimum atomic E-state index is -0.691. The Morgan fingerprint density at radius 3 is 3.06 bits per heavy atom. The number of nitrogens with one attached hydrogen (secondary N) is 1. The highest BCUT2D eigenvalue weighted by Gasteiger charge is 2.33. The molecule has 2 rings (SSSR count). The zero-order chi connectivity index (χ0) is 11.6. The Kier molecular flexibility index (Phi) is 3.25. The molecule has 1 aliphatic heterocycles. The summed E-state index contributed by atoms with van der Waals surface area (Å²) in [6, 6.07) is 0. The van der Waals surface area contributed by atoms with Crippen molar-refractivity contribution in [3.63, 3.8) is 0 Å². The van der Waals surface area contributed by atoms with Gasteiger partial charge in [-0.2, -0.15) is 0 Å². The molecule has 0 radical (unpaired) electrons. The van der Waals surface area contributed by atoms with Crippen LogP contribution in [0.1, 0.15) is 25.5 Å². The van der Waals surface area contributed by atoms with Gasteiger partial charge in [-0.3, -0.25) is 4.68 Å². The summed E-state index contributed by atoms with van der Waals surface area (Å²) in [4.78, 5) is 0. The van der Waals surface area contributed by atoms with Crippen LogP contribution in [0.3, 0.4) is 0 Å². The number of nitrogens with zero attached hydrogens (tertiary/aromatic N) is 3. The molecule has 90 valence electrons. The zero-order valence-electron chi connectivity index (χ0n) is 9.98. The van der Waals surface area contributed by atoms with Crippen LogP contribution in [0.2, 0.25) is 0 Å².